The molecule has 4 aromatic rings. The highest BCUT2D eigenvalue weighted by Gasteiger charge is 2.06. The Kier molecular flexibility index (Phi) is 2.71. The van der Waals surface area contributed by atoms with Crippen molar-refractivity contribution in [3.05, 3.63) is 71.8 Å². The Balaban J connectivity index is 1.81. The molecule has 0 aliphatic heterocycles. The molecule has 0 unspecified atom stereocenters. The molecule has 0 aliphatic rings. The predicted molar refractivity (Wildman–Crippen MR) is 85.3 cm³/mol. The highest BCUT2D eigenvalue weighted by Crippen LogP contribution is 2.21. The molecule has 0 spiro atoms. The van der Waals surface area contributed by atoms with Gasteiger partial charge in [0.25, 0.3) is 0 Å². The minimum atomic E-state index is 0.745. The maximum atomic E-state index is 4.30. The molecular weight excluding hydrogens is 258 g/mol. The first kappa shape index (κ1) is 12.1. The number of nitrogens with zero attached hydrogens (tertiary/aromatic N) is 3. The predicted octanol–water partition coefficient (Wildman–Crippen LogP) is 3.94. The molecule has 0 atom stereocenters. The fraction of sp³-hybridized carbons (Fsp3) is 0.111. The van der Waals surface area contributed by atoms with Gasteiger partial charge in [-0.3, -0.25) is 0 Å². The van der Waals surface area contributed by atoms with E-state index in [0.29, 0.717) is 0 Å². The minimum absolute atomic E-state index is 0.745. The monoisotopic (exact) mass is 273 g/mol. The van der Waals surface area contributed by atoms with Gasteiger partial charge < -0.3 is 0 Å². The summed E-state index contributed by atoms with van der Waals surface area (Å²) in [6, 6.07) is 21.1. The second-order valence-corrected chi connectivity index (χ2v) is 5.42. The van der Waals surface area contributed by atoms with Crippen LogP contribution in [0.1, 0.15) is 11.1 Å². The van der Waals surface area contributed by atoms with E-state index in [2.05, 4.69) is 71.8 Å². The molecule has 3 aromatic carbocycles. The number of fused-ring (bicyclic) bond motifs is 2. The SMILES string of the molecule is Cc1ccc(Cn2nnc3cc4ccccc4cc32)cc1. The number of hydrogen-bond donors (Lipinski definition) is 0. The van der Waals surface area contributed by atoms with Crippen LogP contribution in [0.5, 0.6) is 0 Å². The molecular formula is C18H15N3. The molecule has 0 saturated carbocycles. The Hall–Kier alpha value is -2.68. The zero-order chi connectivity index (χ0) is 14.2. The molecule has 0 bridgehead atoms. The van der Waals surface area contributed by atoms with Crippen LogP contribution < -0.4 is 0 Å². The fourth-order valence-corrected chi connectivity index (χ4v) is 2.64. The van der Waals surface area contributed by atoms with Crippen LogP contribution in [0.2, 0.25) is 0 Å². The first-order valence-electron chi connectivity index (χ1n) is 7.07. The van der Waals surface area contributed by atoms with E-state index in [9.17, 15) is 0 Å². The Morgan fingerprint density at radius 3 is 2.38 bits per heavy atom. The Bertz CT molecular complexity index is 920. The van der Waals surface area contributed by atoms with Crippen molar-refractivity contribution >= 4 is 21.8 Å². The average molecular weight is 273 g/mol. The first-order valence-corrected chi connectivity index (χ1v) is 7.07. The molecule has 3 heteroatoms. The lowest BCUT2D eigenvalue weighted by Crippen LogP contribution is -2.01. The second kappa shape index (κ2) is 4.70. The Morgan fingerprint density at radius 2 is 1.62 bits per heavy atom. The molecule has 1 heterocycles. The summed E-state index contributed by atoms with van der Waals surface area (Å²) in [6.07, 6.45) is 0. The smallest absolute Gasteiger partial charge is 0.113 e. The van der Waals surface area contributed by atoms with Crippen LogP contribution >= 0.6 is 0 Å². The molecule has 0 aliphatic carbocycles. The largest absolute Gasteiger partial charge is 0.240 e. The van der Waals surface area contributed by atoms with Crippen LogP contribution in [0.25, 0.3) is 21.8 Å². The van der Waals surface area contributed by atoms with Crippen molar-refractivity contribution < 1.29 is 0 Å². The maximum absolute atomic E-state index is 4.30. The highest BCUT2D eigenvalue weighted by atomic mass is 15.4. The second-order valence-electron chi connectivity index (χ2n) is 5.42. The Morgan fingerprint density at radius 1 is 0.905 bits per heavy atom. The lowest BCUT2D eigenvalue weighted by molar-refractivity contribution is 0.670. The van der Waals surface area contributed by atoms with E-state index in [1.165, 1.54) is 21.9 Å². The third-order valence-corrected chi connectivity index (χ3v) is 3.83. The van der Waals surface area contributed by atoms with Crippen LogP contribution in [-0.2, 0) is 6.54 Å². The van der Waals surface area contributed by atoms with Gasteiger partial charge in [-0.05, 0) is 35.4 Å². The fourth-order valence-electron chi connectivity index (χ4n) is 2.64. The number of rotatable bonds is 2. The van der Waals surface area contributed by atoms with Gasteiger partial charge in [0.2, 0.25) is 0 Å². The maximum Gasteiger partial charge on any atom is 0.113 e. The number of aryl methyl sites for hydroxylation is 1. The molecule has 0 amide bonds. The van der Waals surface area contributed by atoms with Gasteiger partial charge in [-0.2, -0.15) is 0 Å². The number of benzene rings is 3. The summed E-state index contributed by atoms with van der Waals surface area (Å²) in [7, 11) is 0. The van der Waals surface area contributed by atoms with E-state index < -0.39 is 0 Å². The van der Waals surface area contributed by atoms with E-state index >= 15 is 0 Å². The summed E-state index contributed by atoms with van der Waals surface area (Å²) in [4.78, 5) is 0. The van der Waals surface area contributed by atoms with Crippen LogP contribution in [0.3, 0.4) is 0 Å². The van der Waals surface area contributed by atoms with Crippen LogP contribution in [0, 0.1) is 6.92 Å². The molecule has 0 N–H and O–H groups in total. The molecule has 3 nitrogen and oxygen atoms in total. The van der Waals surface area contributed by atoms with Crippen LogP contribution in [0.4, 0.5) is 0 Å². The van der Waals surface area contributed by atoms with Gasteiger partial charge >= 0.3 is 0 Å². The lowest BCUT2D eigenvalue weighted by atomic mass is 10.1. The van der Waals surface area contributed by atoms with E-state index in [1.54, 1.807) is 0 Å². The summed E-state index contributed by atoms with van der Waals surface area (Å²) >= 11 is 0. The van der Waals surface area contributed by atoms with E-state index in [4.69, 9.17) is 0 Å². The van der Waals surface area contributed by atoms with Crippen LogP contribution in [0.15, 0.2) is 60.7 Å². The highest BCUT2D eigenvalue weighted by molar-refractivity contribution is 5.94. The van der Waals surface area contributed by atoms with Crippen molar-refractivity contribution in [3.63, 3.8) is 0 Å². The summed E-state index contributed by atoms with van der Waals surface area (Å²) in [5.74, 6) is 0. The first-order chi connectivity index (χ1) is 10.3. The molecule has 21 heavy (non-hydrogen) atoms. The van der Waals surface area contributed by atoms with Crippen molar-refractivity contribution in [1.29, 1.82) is 0 Å². The number of aromatic nitrogens is 3. The topological polar surface area (TPSA) is 30.7 Å². The minimum Gasteiger partial charge on any atom is -0.240 e. The molecule has 102 valence electrons. The van der Waals surface area contributed by atoms with Gasteiger partial charge in [-0.1, -0.05) is 59.3 Å². The zero-order valence-corrected chi connectivity index (χ0v) is 11.8. The summed E-state index contributed by atoms with van der Waals surface area (Å²) in [5.41, 5.74) is 4.53. The standard InChI is InChI=1S/C18H15N3/c1-13-6-8-14(9-7-13)12-21-18-11-16-5-3-2-4-15(16)10-17(18)19-20-21/h2-11H,12H2,1H3. The van der Waals surface area contributed by atoms with Gasteiger partial charge in [0.1, 0.15) is 5.52 Å². The summed E-state index contributed by atoms with van der Waals surface area (Å²) in [5, 5.41) is 11.0. The lowest BCUT2D eigenvalue weighted by Gasteiger charge is -2.04. The normalized spacial score (nSPS) is 11.3. The third-order valence-electron chi connectivity index (χ3n) is 3.83. The average Bonchev–Trinajstić information content (AvgIpc) is 2.89. The number of hydrogen-bond acceptors (Lipinski definition) is 2. The van der Waals surface area contributed by atoms with E-state index in [1.807, 2.05) is 10.7 Å². The molecule has 1 aromatic heterocycles. The summed E-state index contributed by atoms with van der Waals surface area (Å²) < 4.78 is 1.96. The van der Waals surface area contributed by atoms with Gasteiger partial charge in [0.05, 0.1) is 12.1 Å². The van der Waals surface area contributed by atoms with Crippen molar-refractivity contribution in [1.82, 2.24) is 15.0 Å². The molecule has 0 fully saturated rings. The van der Waals surface area contributed by atoms with Crippen molar-refractivity contribution in [2.45, 2.75) is 13.5 Å². The Labute approximate surface area is 122 Å². The zero-order valence-electron chi connectivity index (χ0n) is 11.8. The van der Waals surface area contributed by atoms with Gasteiger partial charge in [-0.15, -0.1) is 5.10 Å². The molecule has 0 saturated heterocycles. The summed E-state index contributed by atoms with van der Waals surface area (Å²) in [6.45, 7) is 2.84. The molecule has 0 radical (unpaired) electrons. The molecule has 4 rings (SSSR count). The van der Waals surface area contributed by atoms with E-state index in [0.717, 1.165) is 17.6 Å². The quantitative estimate of drug-likeness (QED) is 0.554. The van der Waals surface area contributed by atoms with Gasteiger partial charge in [-0.25, -0.2) is 4.68 Å². The van der Waals surface area contributed by atoms with E-state index in [-0.39, 0.29) is 0 Å². The van der Waals surface area contributed by atoms with Crippen molar-refractivity contribution in [2.75, 3.05) is 0 Å². The van der Waals surface area contributed by atoms with Crippen molar-refractivity contribution in [3.8, 4) is 0 Å². The van der Waals surface area contributed by atoms with Crippen LogP contribution in [-0.4, -0.2) is 15.0 Å². The van der Waals surface area contributed by atoms with Gasteiger partial charge in [0.15, 0.2) is 0 Å². The van der Waals surface area contributed by atoms with Gasteiger partial charge in [0, 0.05) is 0 Å². The third kappa shape index (κ3) is 2.17. The van der Waals surface area contributed by atoms with Crippen molar-refractivity contribution in [2.24, 2.45) is 0 Å².